The summed E-state index contributed by atoms with van der Waals surface area (Å²) in [6, 6.07) is 13.7. The van der Waals surface area contributed by atoms with Gasteiger partial charge in [-0.15, -0.1) is 0 Å². The summed E-state index contributed by atoms with van der Waals surface area (Å²) in [6.45, 7) is 3.49. The molecule has 0 unspecified atom stereocenters. The summed E-state index contributed by atoms with van der Waals surface area (Å²) in [5, 5.41) is 0. The van der Waals surface area contributed by atoms with Gasteiger partial charge in [-0.3, -0.25) is 9.59 Å². The summed E-state index contributed by atoms with van der Waals surface area (Å²) in [5.74, 6) is 0.0927. The molecule has 1 heterocycles. The van der Waals surface area contributed by atoms with Crippen molar-refractivity contribution in [2.75, 3.05) is 49.6 Å². The Morgan fingerprint density at radius 1 is 1.04 bits per heavy atom. The Bertz CT molecular complexity index is 833. The van der Waals surface area contributed by atoms with Gasteiger partial charge in [0.2, 0.25) is 11.8 Å². The number of benzene rings is 2. The number of carbonyl (C=O) groups is 2. The molecule has 6 nitrogen and oxygen atoms in total. The number of piperazine rings is 1. The summed E-state index contributed by atoms with van der Waals surface area (Å²) in [4.78, 5) is 29.9. The van der Waals surface area contributed by atoms with Crippen molar-refractivity contribution in [3.8, 4) is 5.75 Å². The first-order chi connectivity index (χ1) is 13.5. The van der Waals surface area contributed by atoms with Crippen LogP contribution in [0.5, 0.6) is 5.75 Å². The number of amides is 2. The van der Waals surface area contributed by atoms with Crippen molar-refractivity contribution in [3.63, 3.8) is 0 Å². The van der Waals surface area contributed by atoms with Crippen LogP contribution in [0, 0.1) is 5.82 Å². The Balaban J connectivity index is 1.62. The normalized spacial score (nSPS) is 14.0. The average molecular weight is 385 g/mol. The van der Waals surface area contributed by atoms with E-state index in [1.54, 1.807) is 54.5 Å². The Labute approximate surface area is 164 Å². The summed E-state index contributed by atoms with van der Waals surface area (Å²) < 4.78 is 19.1. The molecule has 0 saturated carbocycles. The van der Waals surface area contributed by atoms with Crippen LogP contribution in [0.15, 0.2) is 48.5 Å². The van der Waals surface area contributed by atoms with Gasteiger partial charge in [0.15, 0.2) is 0 Å². The molecule has 0 N–H and O–H groups in total. The molecule has 28 heavy (non-hydrogen) atoms. The minimum absolute atomic E-state index is 0.0264. The summed E-state index contributed by atoms with van der Waals surface area (Å²) in [5.41, 5.74) is 1.20. The van der Waals surface area contributed by atoms with E-state index in [4.69, 9.17) is 4.74 Å². The highest BCUT2D eigenvalue weighted by Gasteiger charge is 2.25. The lowest BCUT2D eigenvalue weighted by atomic mass is 10.2. The second kappa shape index (κ2) is 8.73. The zero-order chi connectivity index (χ0) is 20.1. The zero-order valence-corrected chi connectivity index (χ0v) is 16.1. The molecule has 0 spiro atoms. The quantitative estimate of drug-likeness (QED) is 0.794. The Morgan fingerprint density at radius 3 is 2.25 bits per heavy atom. The van der Waals surface area contributed by atoms with E-state index in [1.165, 1.54) is 17.9 Å². The van der Waals surface area contributed by atoms with Gasteiger partial charge in [-0.05, 0) is 36.4 Å². The third kappa shape index (κ3) is 4.42. The van der Waals surface area contributed by atoms with E-state index in [2.05, 4.69) is 0 Å². The van der Waals surface area contributed by atoms with Crippen molar-refractivity contribution in [3.05, 3.63) is 54.3 Å². The van der Waals surface area contributed by atoms with Gasteiger partial charge in [-0.1, -0.05) is 12.1 Å². The van der Waals surface area contributed by atoms with Gasteiger partial charge in [0, 0.05) is 38.8 Å². The number of hydrogen-bond donors (Lipinski definition) is 0. The van der Waals surface area contributed by atoms with Gasteiger partial charge in [0.25, 0.3) is 0 Å². The molecule has 0 radical (unpaired) electrons. The van der Waals surface area contributed by atoms with Crippen molar-refractivity contribution < 1.29 is 18.7 Å². The summed E-state index contributed by atoms with van der Waals surface area (Å²) in [6.07, 6.45) is 0. The van der Waals surface area contributed by atoms with Crippen molar-refractivity contribution in [2.24, 2.45) is 0 Å². The van der Waals surface area contributed by atoms with E-state index in [-0.39, 0.29) is 24.2 Å². The molecule has 0 aromatic heterocycles. The maximum absolute atomic E-state index is 14.0. The minimum Gasteiger partial charge on any atom is -0.497 e. The minimum atomic E-state index is -0.260. The van der Waals surface area contributed by atoms with Gasteiger partial charge < -0.3 is 19.4 Å². The molecule has 0 aliphatic carbocycles. The van der Waals surface area contributed by atoms with Crippen LogP contribution in [0.3, 0.4) is 0 Å². The fourth-order valence-electron chi connectivity index (χ4n) is 3.29. The lowest BCUT2D eigenvalue weighted by Crippen LogP contribution is -2.52. The van der Waals surface area contributed by atoms with Crippen molar-refractivity contribution in [2.45, 2.75) is 6.92 Å². The molecule has 148 valence electrons. The largest absolute Gasteiger partial charge is 0.497 e. The molecule has 1 saturated heterocycles. The van der Waals surface area contributed by atoms with Crippen molar-refractivity contribution in [1.29, 1.82) is 0 Å². The highest BCUT2D eigenvalue weighted by molar-refractivity contribution is 5.97. The maximum atomic E-state index is 14.0. The molecule has 1 fully saturated rings. The second-order valence-corrected chi connectivity index (χ2v) is 6.62. The molecule has 7 heteroatoms. The Morgan fingerprint density at radius 2 is 1.68 bits per heavy atom. The second-order valence-electron chi connectivity index (χ2n) is 6.62. The number of anilines is 2. The van der Waals surface area contributed by atoms with E-state index in [9.17, 15) is 14.0 Å². The highest BCUT2D eigenvalue weighted by Crippen LogP contribution is 2.22. The molecule has 1 aliphatic rings. The van der Waals surface area contributed by atoms with Gasteiger partial charge in [-0.25, -0.2) is 4.39 Å². The van der Waals surface area contributed by atoms with E-state index >= 15 is 0 Å². The van der Waals surface area contributed by atoms with Gasteiger partial charge in [0.05, 0.1) is 12.8 Å². The molecule has 2 aromatic rings. The third-order valence-electron chi connectivity index (χ3n) is 4.88. The van der Waals surface area contributed by atoms with Crippen LogP contribution in [0.2, 0.25) is 0 Å². The van der Waals surface area contributed by atoms with Crippen LogP contribution >= 0.6 is 0 Å². The number of nitrogens with zero attached hydrogens (tertiary/aromatic N) is 3. The number of halogens is 1. The number of carbonyl (C=O) groups excluding carboxylic acids is 2. The monoisotopic (exact) mass is 385 g/mol. The molecular formula is C21H24FN3O3. The third-order valence-corrected chi connectivity index (χ3v) is 4.88. The number of para-hydroxylation sites is 1. The smallest absolute Gasteiger partial charge is 0.242 e. The van der Waals surface area contributed by atoms with Crippen molar-refractivity contribution >= 4 is 23.2 Å². The number of hydrogen-bond acceptors (Lipinski definition) is 4. The van der Waals surface area contributed by atoms with Crippen LogP contribution in [0.1, 0.15) is 6.92 Å². The predicted octanol–water partition coefficient (Wildman–Crippen LogP) is 2.54. The summed E-state index contributed by atoms with van der Waals surface area (Å²) in [7, 11) is 1.57. The first-order valence-electron chi connectivity index (χ1n) is 9.19. The van der Waals surface area contributed by atoms with Crippen molar-refractivity contribution in [1.82, 2.24) is 4.90 Å². The number of rotatable bonds is 5. The Kier molecular flexibility index (Phi) is 6.13. The van der Waals surface area contributed by atoms with Crippen LogP contribution in [0.4, 0.5) is 15.8 Å². The lowest BCUT2D eigenvalue weighted by molar-refractivity contribution is -0.131. The first-order valence-corrected chi connectivity index (χ1v) is 9.19. The van der Waals surface area contributed by atoms with Crippen LogP contribution in [-0.4, -0.2) is 56.5 Å². The van der Waals surface area contributed by atoms with Gasteiger partial charge in [0.1, 0.15) is 18.1 Å². The van der Waals surface area contributed by atoms with E-state index in [0.29, 0.717) is 43.3 Å². The fraction of sp³-hybridized carbons (Fsp3) is 0.333. The maximum Gasteiger partial charge on any atom is 0.242 e. The van der Waals surface area contributed by atoms with Crippen LogP contribution < -0.4 is 14.5 Å². The molecule has 2 aromatic carbocycles. The van der Waals surface area contributed by atoms with Gasteiger partial charge in [-0.2, -0.15) is 0 Å². The first kappa shape index (κ1) is 19.7. The lowest BCUT2D eigenvalue weighted by Gasteiger charge is -2.37. The number of ether oxygens (including phenoxy) is 1. The fourth-order valence-corrected chi connectivity index (χ4v) is 3.29. The number of methoxy groups -OCH3 is 1. The molecule has 0 atom stereocenters. The molecule has 1 aliphatic heterocycles. The SMILES string of the molecule is COc1ccc(N(CC(=O)N2CCN(c3ccccc3F)CC2)C(C)=O)cc1. The molecule has 0 bridgehead atoms. The topological polar surface area (TPSA) is 53.1 Å². The van der Waals surface area contributed by atoms with Crippen LogP contribution in [-0.2, 0) is 9.59 Å². The van der Waals surface area contributed by atoms with E-state index in [1.807, 2.05) is 4.90 Å². The van der Waals surface area contributed by atoms with Gasteiger partial charge >= 0.3 is 0 Å². The van der Waals surface area contributed by atoms with E-state index in [0.717, 1.165) is 0 Å². The predicted molar refractivity (Wildman–Crippen MR) is 106 cm³/mol. The standard InChI is InChI=1S/C21H24FN3O3/c1-16(26)25(17-7-9-18(28-2)10-8-17)15-21(27)24-13-11-23(12-14-24)20-6-4-3-5-19(20)22/h3-10H,11-15H2,1-2H3. The average Bonchev–Trinajstić information content (AvgIpc) is 2.72. The Hall–Kier alpha value is -3.09. The molecule has 2 amide bonds. The molecular weight excluding hydrogens is 361 g/mol. The van der Waals surface area contributed by atoms with E-state index < -0.39 is 0 Å². The van der Waals surface area contributed by atoms with Crippen LogP contribution in [0.25, 0.3) is 0 Å². The molecule has 3 rings (SSSR count). The summed E-state index contributed by atoms with van der Waals surface area (Å²) >= 11 is 0. The zero-order valence-electron chi connectivity index (χ0n) is 16.1. The highest BCUT2D eigenvalue weighted by atomic mass is 19.1.